The number of fused-ring (bicyclic) bond motifs is 1. The first-order valence-corrected chi connectivity index (χ1v) is 9.69. The van der Waals surface area contributed by atoms with Gasteiger partial charge in [0.05, 0.1) is 12.1 Å². The van der Waals surface area contributed by atoms with Gasteiger partial charge in [-0.1, -0.05) is 48.5 Å². The number of rotatable bonds is 6. The number of carbonyl (C=O) groups excluding carboxylic acids is 1. The Morgan fingerprint density at radius 3 is 2.58 bits per heavy atom. The van der Waals surface area contributed by atoms with Crippen molar-refractivity contribution in [1.82, 2.24) is 19.2 Å². The molecule has 2 aromatic heterocycles. The molecule has 0 saturated heterocycles. The third-order valence-electron chi connectivity index (χ3n) is 4.95. The lowest BCUT2D eigenvalue weighted by Crippen LogP contribution is -2.29. The first-order chi connectivity index (χ1) is 15.0. The zero-order chi connectivity index (χ0) is 22.0. The third kappa shape index (κ3) is 3.87. The molecular weight excluding hydrogens is 397 g/mol. The Hall–Kier alpha value is -4.07. The van der Waals surface area contributed by atoms with E-state index in [0.29, 0.717) is 23.8 Å². The van der Waals surface area contributed by atoms with Crippen LogP contribution < -0.4 is 10.9 Å². The molecule has 2 heterocycles. The molecule has 7 nitrogen and oxygen atoms in total. The van der Waals surface area contributed by atoms with Crippen LogP contribution in [0.1, 0.15) is 11.3 Å². The summed E-state index contributed by atoms with van der Waals surface area (Å²) in [5.41, 5.74) is 1.23. The number of hydrogen-bond donors (Lipinski definition) is 1. The molecule has 31 heavy (non-hydrogen) atoms. The van der Waals surface area contributed by atoms with Crippen LogP contribution in [0.15, 0.2) is 72.0 Å². The molecule has 1 amide bonds. The number of hydrogen-bond acceptors (Lipinski definition) is 4. The molecule has 2 aromatic carbocycles. The van der Waals surface area contributed by atoms with Gasteiger partial charge in [-0.15, -0.1) is 11.7 Å². The molecule has 0 radical (unpaired) electrons. The van der Waals surface area contributed by atoms with Gasteiger partial charge in [-0.3, -0.25) is 9.59 Å². The molecule has 0 aliphatic rings. The second-order valence-electron chi connectivity index (χ2n) is 6.99. The van der Waals surface area contributed by atoms with Crippen molar-refractivity contribution in [2.24, 2.45) is 0 Å². The summed E-state index contributed by atoms with van der Waals surface area (Å²) in [5, 5.41) is 6.89. The molecule has 1 N–H and O–H groups in total. The van der Waals surface area contributed by atoms with Gasteiger partial charge >= 0.3 is 0 Å². The van der Waals surface area contributed by atoms with Gasteiger partial charge in [0.1, 0.15) is 5.82 Å². The molecule has 0 fully saturated rings. The summed E-state index contributed by atoms with van der Waals surface area (Å²) in [6, 6.07) is 15.2. The monoisotopic (exact) mass is 417 g/mol. The van der Waals surface area contributed by atoms with E-state index in [1.807, 2.05) is 30.3 Å². The van der Waals surface area contributed by atoms with Crippen molar-refractivity contribution in [3.63, 3.8) is 0 Å². The van der Waals surface area contributed by atoms with Crippen molar-refractivity contribution in [3.05, 3.63) is 94.7 Å². The molecule has 0 aliphatic heterocycles. The predicted molar refractivity (Wildman–Crippen MR) is 116 cm³/mol. The van der Waals surface area contributed by atoms with E-state index in [4.69, 9.17) is 0 Å². The van der Waals surface area contributed by atoms with E-state index >= 15 is 0 Å². The van der Waals surface area contributed by atoms with Crippen LogP contribution in [0.2, 0.25) is 0 Å². The van der Waals surface area contributed by atoms with Crippen molar-refractivity contribution in [2.75, 3.05) is 5.32 Å². The Kier molecular flexibility index (Phi) is 5.44. The van der Waals surface area contributed by atoms with E-state index < -0.39 is 17.3 Å². The summed E-state index contributed by atoms with van der Waals surface area (Å²) in [6.45, 7) is 5.89. The minimum absolute atomic E-state index is 0.0600. The fourth-order valence-corrected chi connectivity index (χ4v) is 3.39. The Morgan fingerprint density at radius 1 is 1.16 bits per heavy atom. The fraction of sp³-hybridized carbons (Fsp3) is 0.130. The molecule has 0 unspecified atom stereocenters. The minimum atomic E-state index is -0.545. The maximum Gasteiger partial charge on any atom is 0.279 e. The van der Waals surface area contributed by atoms with E-state index in [2.05, 4.69) is 22.0 Å². The Morgan fingerprint density at radius 2 is 1.87 bits per heavy atom. The van der Waals surface area contributed by atoms with Gasteiger partial charge in [-0.2, -0.15) is 9.50 Å². The number of nitrogens with zero attached hydrogens (tertiary/aromatic N) is 4. The number of carbonyl (C=O) groups is 1. The number of para-hydroxylation sites is 1. The molecule has 4 aromatic rings. The Labute approximate surface area is 177 Å². The third-order valence-corrected chi connectivity index (χ3v) is 4.95. The van der Waals surface area contributed by atoms with Crippen LogP contribution in [-0.4, -0.2) is 25.1 Å². The highest BCUT2D eigenvalue weighted by Crippen LogP contribution is 2.18. The first-order valence-electron chi connectivity index (χ1n) is 9.69. The van der Waals surface area contributed by atoms with Gasteiger partial charge in [0.2, 0.25) is 11.7 Å². The number of aromatic nitrogens is 4. The summed E-state index contributed by atoms with van der Waals surface area (Å²) in [5.74, 6) is -0.281. The highest BCUT2D eigenvalue weighted by atomic mass is 19.1. The Balaban J connectivity index is 1.78. The maximum atomic E-state index is 13.9. The van der Waals surface area contributed by atoms with E-state index in [-0.39, 0.29) is 17.7 Å². The van der Waals surface area contributed by atoms with Gasteiger partial charge in [0, 0.05) is 23.4 Å². The van der Waals surface area contributed by atoms with Gasteiger partial charge in [0.25, 0.3) is 5.56 Å². The second-order valence-corrected chi connectivity index (χ2v) is 6.99. The topological polar surface area (TPSA) is 81.3 Å². The van der Waals surface area contributed by atoms with E-state index in [9.17, 15) is 14.0 Å². The van der Waals surface area contributed by atoms with Gasteiger partial charge < -0.3 is 9.88 Å². The standard InChI is InChI=1S/C23H20FN5O2/c1-3-13-28-15(2)17(14-20(30)25-19-12-8-7-11-18(19)24)22(31)29-23(28)26-21(27-29)16-9-5-4-6-10-16/h3-12H,1,13-14H2,2H3,(H,25,30). The van der Waals surface area contributed by atoms with Crippen molar-refractivity contribution < 1.29 is 9.18 Å². The van der Waals surface area contributed by atoms with Crippen LogP contribution in [0, 0.1) is 12.7 Å². The lowest BCUT2D eigenvalue weighted by Gasteiger charge is -2.14. The van der Waals surface area contributed by atoms with E-state index in [0.717, 1.165) is 5.56 Å². The van der Waals surface area contributed by atoms with Crippen LogP contribution in [0.5, 0.6) is 0 Å². The lowest BCUT2D eigenvalue weighted by atomic mass is 10.1. The van der Waals surface area contributed by atoms with Crippen LogP contribution >= 0.6 is 0 Å². The molecule has 0 aliphatic carbocycles. The molecule has 8 heteroatoms. The quantitative estimate of drug-likeness (QED) is 0.488. The van der Waals surface area contributed by atoms with Gasteiger partial charge in [-0.05, 0) is 19.1 Å². The molecule has 0 bridgehead atoms. The number of nitrogens with one attached hydrogen (secondary N) is 1. The summed E-state index contributed by atoms with van der Waals surface area (Å²) in [7, 11) is 0. The Bertz CT molecular complexity index is 1340. The van der Waals surface area contributed by atoms with Crippen LogP contribution in [0.3, 0.4) is 0 Å². The van der Waals surface area contributed by atoms with Crippen LogP contribution in [0.25, 0.3) is 17.2 Å². The zero-order valence-electron chi connectivity index (χ0n) is 16.9. The number of halogens is 1. The number of amides is 1. The second kappa shape index (κ2) is 8.35. The molecule has 4 rings (SSSR count). The van der Waals surface area contributed by atoms with Crippen molar-refractivity contribution in [3.8, 4) is 11.4 Å². The largest absolute Gasteiger partial charge is 0.323 e. The molecule has 0 spiro atoms. The van der Waals surface area contributed by atoms with Crippen molar-refractivity contribution >= 4 is 17.4 Å². The number of benzene rings is 2. The number of anilines is 1. The van der Waals surface area contributed by atoms with E-state index in [1.165, 1.54) is 22.7 Å². The minimum Gasteiger partial charge on any atom is -0.323 e. The summed E-state index contributed by atoms with van der Waals surface area (Å²) < 4.78 is 16.8. The van der Waals surface area contributed by atoms with Gasteiger partial charge in [-0.25, -0.2) is 4.39 Å². The highest BCUT2D eigenvalue weighted by molar-refractivity contribution is 5.92. The summed E-state index contributed by atoms with van der Waals surface area (Å²) in [4.78, 5) is 30.3. The number of allylic oxidation sites excluding steroid dienone is 1. The van der Waals surface area contributed by atoms with Crippen molar-refractivity contribution in [1.29, 1.82) is 0 Å². The molecular formula is C23H20FN5O2. The van der Waals surface area contributed by atoms with Crippen LogP contribution in [0.4, 0.5) is 10.1 Å². The smallest absolute Gasteiger partial charge is 0.279 e. The molecule has 0 saturated carbocycles. The molecule has 156 valence electrons. The zero-order valence-corrected chi connectivity index (χ0v) is 16.9. The lowest BCUT2D eigenvalue weighted by molar-refractivity contribution is -0.115. The SMILES string of the molecule is C=CCn1c(C)c(CC(=O)Nc2ccccc2F)c(=O)n2nc(-c3ccccc3)nc12. The normalized spacial score (nSPS) is 10.9. The first kappa shape index (κ1) is 20.2. The summed E-state index contributed by atoms with van der Waals surface area (Å²) >= 11 is 0. The average molecular weight is 417 g/mol. The van der Waals surface area contributed by atoms with Gasteiger partial charge in [0.15, 0.2) is 5.82 Å². The van der Waals surface area contributed by atoms with E-state index in [1.54, 1.807) is 23.6 Å². The highest BCUT2D eigenvalue weighted by Gasteiger charge is 2.20. The summed E-state index contributed by atoms with van der Waals surface area (Å²) in [6.07, 6.45) is 1.45. The van der Waals surface area contributed by atoms with Crippen LogP contribution in [-0.2, 0) is 17.8 Å². The fourth-order valence-electron chi connectivity index (χ4n) is 3.39. The predicted octanol–water partition coefficient (Wildman–Crippen LogP) is 3.37. The maximum absolute atomic E-state index is 13.9. The average Bonchev–Trinajstić information content (AvgIpc) is 3.22. The van der Waals surface area contributed by atoms with Crippen molar-refractivity contribution in [2.45, 2.75) is 19.9 Å². The molecule has 0 atom stereocenters.